The van der Waals surface area contributed by atoms with E-state index in [9.17, 15) is 0 Å². The highest BCUT2D eigenvalue weighted by Crippen LogP contribution is 2.29. The highest BCUT2D eigenvalue weighted by Gasteiger charge is 2.15. The second kappa shape index (κ2) is 5.42. The molecule has 1 unspecified atom stereocenters. The van der Waals surface area contributed by atoms with Gasteiger partial charge in [-0.05, 0) is 22.4 Å². The predicted octanol–water partition coefficient (Wildman–Crippen LogP) is 2.84. The van der Waals surface area contributed by atoms with E-state index in [4.69, 9.17) is 5.73 Å². The molecule has 7 heteroatoms. The quantitative estimate of drug-likeness (QED) is 0.907. The fourth-order valence-corrected chi connectivity index (χ4v) is 2.49. The Labute approximate surface area is 112 Å². The average molecular weight is 314 g/mol. The molecule has 90 valence electrons. The van der Waals surface area contributed by atoms with Crippen LogP contribution in [0.4, 0.5) is 11.6 Å². The summed E-state index contributed by atoms with van der Waals surface area (Å²) in [7, 11) is 0. The summed E-state index contributed by atoms with van der Waals surface area (Å²) in [6.45, 7) is 2.09. The third kappa shape index (κ3) is 2.73. The largest absolute Gasteiger partial charge is 0.383 e. The van der Waals surface area contributed by atoms with E-state index in [0.29, 0.717) is 16.1 Å². The van der Waals surface area contributed by atoms with Gasteiger partial charge in [-0.3, -0.25) is 0 Å². The van der Waals surface area contributed by atoms with Crippen molar-refractivity contribution in [1.29, 1.82) is 0 Å². The van der Waals surface area contributed by atoms with E-state index in [0.717, 1.165) is 11.4 Å². The first-order valence-electron chi connectivity index (χ1n) is 5.14. The van der Waals surface area contributed by atoms with Crippen molar-refractivity contribution in [2.45, 2.75) is 19.4 Å². The lowest BCUT2D eigenvalue weighted by Gasteiger charge is -2.16. The van der Waals surface area contributed by atoms with Crippen LogP contribution >= 0.6 is 27.3 Å². The summed E-state index contributed by atoms with van der Waals surface area (Å²) in [5.41, 5.74) is 5.71. The van der Waals surface area contributed by atoms with Gasteiger partial charge in [0.1, 0.15) is 27.4 Å². The summed E-state index contributed by atoms with van der Waals surface area (Å²) in [6, 6.07) is 0.139. The Morgan fingerprint density at radius 2 is 2.29 bits per heavy atom. The van der Waals surface area contributed by atoms with Crippen LogP contribution in [-0.4, -0.2) is 15.0 Å². The Balaban J connectivity index is 2.22. The van der Waals surface area contributed by atoms with Gasteiger partial charge in [0.05, 0.1) is 6.04 Å². The summed E-state index contributed by atoms with van der Waals surface area (Å²) < 4.78 is 0.690. The molecule has 2 rings (SSSR count). The van der Waals surface area contributed by atoms with Crippen LogP contribution in [0.15, 0.2) is 22.4 Å². The zero-order valence-electron chi connectivity index (χ0n) is 9.22. The number of nitrogens with one attached hydrogen (secondary N) is 1. The first-order chi connectivity index (χ1) is 8.22. The molecule has 0 saturated carbocycles. The van der Waals surface area contributed by atoms with Gasteiger partial charge in [-0.2, -0.15) is 0 Å². The third-order valence-electron chi connectivity index (χ3n) is 2.29. The van der Waals surface area contributed by atoms with Crippen LogP contribution in [0.2, 0.25) is 0 Å². The standard InChI is InChI=1S/C10H12BrN5S/c1-2-6(10-13-3-4-17-10)16-9-7(11)8(12)14-5-15-9/h3-6H,2H2,1H3,(H3,12,14,15,16). The molecule has 5 nitrogen and oxygen atoms in total. The Hall–Kier alpha value is -1.21. The lowest BCUT2D eigenvalue weighted by molar-refractivity contribution is 0.736. The third-order valence-corrected chi connectivity index (χ3v) is 3.96. The number of nitrogen functional groups attached to an aromatic ring is 1. The number of aromatic nitrogens is 3. The molecule has 0 spiro atoms. The predicted molar refractivity (Wildman–Crippen MR) is 72.9 cm³/mol. The molecule has 0 aliphatic heterocycles. The molecule has 0 saturated heterocycles. The van der Waals surface area contributed by atoms with Crippen LogP contribution in [0.25, 0.3) is 0 Å². The number of hydrogen-bond donors (Lipinski definition) is 2. The Morgan fingerprint density at radius 3 is 2.94 bits per heavy atom. The van der Waals surface area contributed by atoms with Crippen LogP contribution in [0.1, 0.15) is 24.4 Å². The molecule has 0 bridgehead atoms. The molecule has 0 radical (unpaired) electrons. The van der Waals surface area contributed by atoms with Gasteiger partial charge < -0.3 is 11.1 Å². The zero-order chi connectivity index (χ0) is 12.3. The molecule has 0 aromatic carbocycles. The fourth-order valence-electron chi connectivity index (χ4n) is 1.39. The van der Waals surface area contributed by atoms with E-state index in [1.165, 1.54) is 6.33 Å². The number of thiazole rings is 1. The van der Waals surface area contributed by atoms with E-state index in [1.807, 2.05) is 5.38 Å². The van der Waals surface area contributed by atoms with Crippen molar-refractivity contribution in [3.63, 3.8) is 0 Å². The van der Waals surface area contributed by atoms with Crippen LogP contribution in [0.3, 0.4) is 0 Å². The van der Waals surface area contributed by atoms with E-state index in [-0.39, 0.29) is 6.04 Å². The van der Waals surface area contributed by atoms with Gasteiger partial charge in [-0.15, -0.1) is 11.3 Å². The molecule has 2 aromatic heterocycles. The molecule has 2 heterocycles. The number of hydrogen-bond acceptors (Lipinski definition) is 6. The van der Waals surface area contributed by atoms with Gasteiger partial charge in [0.2, 0.25) is 0 Å². The summed E-state index contributed by atoms with van der Waals surface area (Å²) in [5, 5.41) is 6.31. The minimum absolute atomic E-state index is 0.139. The van der Waals surface area contributed by atoms with Crippen molar-refractivity contribution >= 4 is 38.9 Å². The maximum absolute atomic E-state index is 5.71. The molecule has 0 amide bonds. The summed E-state index contributed by atoms with van der Waals surface area (Å²) in [6.07, 6.45) is 4.16. The van der Waals surface area contributed by atoms with Crippen molar-refractivity contribution in [3.05, 3.63) is 27.4 Å². The number of halogens is 1. The Bertz CT molecular complexity index is 487. The van der Waals surface area contributed by atoms with Gasteiger partial charge in [0, 0.05) is 11.6 Å². The van der Waals surface area contributed by atoms with Crippen LogP contribution in [0.5, 0.6) is 0 Å². The summed E-state index contributed by atoms with van der Waals surface area (Å²) in [4.78, 5) is 12.4. The molecule has 0 aliphatic carbocycles. The minimum atomic E-state index is 0.139. The molecular formula is C10H12BrN5S. The first-order valence-corrected chi connectivity index (χ1v) is 6.81. The zero-order valence-corrected chi connectivity index (χ0v) is 11.6. The fraction of sp³-hybridized carbons (Fsp3) is 0.300. The first kappa shape index (κ1) is 12.3. The average Bonchev–Trinajstić information content (AvgIpc) is 2.85. The second-order valence-corrected chi connectivity index (χ2v) is 5.12. The smallest absolute Gasteiger partial charge is 0.146 e. The maximum atomic E-state index is 5.71. The van der Waals surface area contributed by atoms with Gasteiger partial charge >= 0.3 is 0 Å². The van der Waals surface area contributed by atoms with Crippen LogP contribution in [-0.2, 0) is 0 Å². The normalized spacial score (nSPS) is 12.4. The highest BCUT2D eigenvalue weighted by atomic mass is 79.9. The molecule has 2 aromatic rings. The number of rotatable bonds is 4. The molecule has 1 atom stereocenters. The van der Waals surface area contributed by atoms with Crippen molar-refractivity contribution in [1.82, 2.24) is 15.0 Å². The van der Waals surface area contributed by atoms with Crippen molar-refractivity contribution in [2.75, 3.05) is 11.1 Å². The van der Waals surface area contributed by atoms with Crippen LogP contribution < -0.4 is 11.1 Å². The van der Waals surface area contributed by atoms with Gasteiger partial charge in [0.25, 0.3) is 0 Å². The SMILES string of the molecule is CCC(Nc1ncnc(N)c1Br)c1nccs1. The van der Waals surface area contributed by atoms with E-state index < -0.39 is 0 Å². The lowest BCUT2D eigenvalue weighted by Crippen LogP contribution is -2.11. The second-order valence-electron chi connectivity index (χ2n) is 3.40. The minimum Gasteiger partial charge on any atom is -0.383 e. The summed E-state index contributed by atoms with van der Waals surface area (Å²) in [5.74, 6) is 1.12. The molecular weight excluding hydrogens is 302 g/mol. The Morgan fingerprint density at radius 1 is 1.47 bits per heavy atom. The lowest BCUT2D eigenvalue weighted by atomic mass is 10.2. The molecule has 17 heavy (non-hydrogen) atoms. The van der Waals surface area contributed by atoms with E-state index in [1.54, 1.807) is 17.5 Å². The summed E-state index contributed by atoms with van der Waals surface area (Å²) >= 11 is 4.99. The maximum Gasteiger partial charge on any atom is 0.146 e. The monoisotopic (exact) mass is 313 g/mol. The molecule has 3 N–H and O–H groups in total. The van der Waals surface area contributed by atoms with E-state index >= 15 is 0 Å². The van der Waals surface area contributed by atoms with Gasteiger partial charge in [-0.1, -0.05) is 6.92 Å². The van der Waals surface area contributed by atoms with Crippen molar-refractivity contribution < 1.29 is 0 Å². The van der Waals surface area contributed by atoms with Crippen molar-refractivity contribution in [2.24, 2.45) is 0 Å². The number of anilines is 2. The van der Waals surface area contributed by atoms with E-state index in [2.05, 4.69) is 43.1 Å². The highest BCUT2D eigenvalue weighted by molar-refractivity contribution is 9.10. The van der Waals surface area contributed by atoms with Crippen molar-refractivity contribution in [3.8, 4) is 0 Å². The van der Waals surface area contributed by atoms with Gasteiger partial charge in [0.15, 0.2) is 0 Å². The topological polar surface area (TPSA) is 76.7 Å². The number of nitrogens with two attached hydrogens (primary N) is 1. The Kier molecular flexibility index (Phi) is 3.90. The molecule has 0 fully saturated rings. The van der Waals surface area contributed by atoms with Crippen LogP contribution in [0, 0.1) is 0 Å². The van der Waals surface area contributed by atoms with Gasteiger partial charge in [-0.25, -0.2) is 15.0 Å². The molecule has 0 aliphatic rings. The number of nitrogens with zero attached hydrogens (tertiary/aromatic N) is 3.